The number of hydrogen-bond donors (Lipinski definition) is 1. The minimum atomic E-state index is -4.52. The highest BCUT2D eigenvalue weighted by molar-refractivity contribution is 5.95. The number of benzene rings is 2. The lowest BCUT2D eigenvalue weighted by molar-refractivity contribution is -0.152. The van der Waals surface area contributed by atoms with Crippen molar-refractivity contribution in [3.63, 3.8) is 0 Å². The predicted molar refractivity (Wildman–Crippen MR) is 113 cm³/mol. The zero-order chi connectivity index (χ0) is 23.7. The fourth-order valence-electron chi connectivity index (χ4n) is 2.95. The minimum absolute atomic E-state index is 0.125. The molecule has 0 heterocycles. The number of rotatable bonds is 9. The second-order valence-corrected chi connectivity index (χ2v) is 7.21. The van der Waals surface area contributed by atoms with Crippen LogP contribution >= 0.6 is 0 Å². The molecule has 1 N–H and O–H groups in total. The van der Waals surface area contributed by atoms with Gasteiger partial charge in [0, 0.05) is 12.2 Å². The Morgan fingerprint density at radius 1 is 1.06 bits per heavy atom. The summed E-state index contributed by atoms with van der Waals surface area (Å²) in [5.74, 6) is -1.79. The number of halogens is 3. The Balaban J connectivity index is 1.90. The van der Waals surface area contributed by atoms with Crippen LogP contribution in [-0.4, -0.2) is 42.4 Å². The lowest BCUT2D eigenvalue weighted by Gasteiger charge is -2.21. The third-order valence-corrected chi connectivity index (χ3v) is 4.56. The van der Waals surface area contributed by atoms with E-state index in [1.165, 1.54) is 17.0 Å². The van der Waals surface area contributed by atoms with Crippen LogP contribution < -0.4 is 5.32 Å². The van der Waals surface area contributed by atoms with Crippen LogP contribution in [0, 0.1) is 6.92 Å². The predicted octanol–water partition coefficient (Wildman–Crippen LogP) is 3.98. The largest absolute Gasteiger partial charge is 0.455 e. The molecule has 0 atom stereocenters. The maximum Gasteiger partial charge on any atom is 0.416 e. The van der Waals surface area contributed by atoms with Gasteiger partial charge in [-0.1, -0.05) is 43.3 Å². The van der Waals surface area contributed by atoms with E-state index in [9.17, 15) is 27.6 Å². The molecule has 0 aromatic heterocycles. The molecule has 0 spiro atoms. The van der Waals surface area contributed by atoms with Gasteiger partial charge in [-0.2, -0.15) is 13.2 Å². The van der Waals surface area contributed by atoms with Gasteiger partial charge in [-0.3, -0.25) is 14.4 Å². The topological polar surface area (TPSA) is 75.7 Å². The second kappa shape index (κ2) is 11.3. The average Bonchev–Trinajstić information content (AvgIpc) is 2.73. The van der Waals surface area contributed by atoms with E-state index in [1.54, 1.807) is 12.1 Å². The highest BCUT2D eigenvalue weighted by Crippen LogP contribution is 2.29. The zero-order valence-corrected chi connectivity index (χ0v) is 17.9. The summed E-state index contributed by atoms with van der Waals surface area (Å²) in [7, 11) is 0. The first-order valence-electron chi connectivity index (χ1n) is 10.0. The molecule has 9 heteroatoms. The van der Waals surface area contributed by atoms with Crippen molar-refractivity contribution in [1.29, 1.82) is 0 Å². The summed E-state index contributed by atoms with van der Waals surface area (Å²) in [5, 5.41) is 2.74. The molecule has 0 bridgehead atoms. The van der Waals surface area contributed by atoms with Crippen molar-refractivity contribution >= 4 is 23.5 Å². The molecule has 0 radical (unpaired) electrons. The van der Waals surface area contributed by atoms with Gasteiger partial charge in [-0.05, 0) is 36.6 Å². The van der Waals surface area contributed by atoms with Crippen molar-refractivity contribution in [2.24, 2.45) is 0 Å². The zero-order valence-electron chi connectivity index (χ0n) is 17.9. The van der Waals surface area contributed by atoms with Crippen LogP contribution in [0.5, 0.6) is 0 Å². The molecule has 0 aliphatic carbocycles. The van der Waals surface area contributed by atoms with Gasteiger partial charge in [0.05, 0.1) is 18.5 Å². The van der Waals surface area contributed by atoms with Gasteiger partial charge in [0.25, 0.3) is 5.91 Å². The summed E-state index contributed by atoms with van der Waals surface area (Å²) in [5.41, 5.74) is 0.764. The van der Waals surface area contributed by atoms with Crippen molar-refractivity contribution in [3.05, 3.63) is 65.2 Å². The number of para-hydroxylation sites is 1. The Morgan fingerprint density at radius 2 is 1.78 bits per heavy atom. The van der Waals surface area contributed by atoms with Crippen LogP contribution in [0.3, 0.4) is 0 Å². The number of esters is 1. The summed E-state index contributed by atoms with van der Waals surface area (Å²) in [4.78, 5) is 38.1. The Labute approximate surface area is 184 Å². The first-order valence-corrected chi connectivity index (χ1v) is 10.0. The smallest absolute Gasteiger partial charge is 0.416 e. The molecular formula is C23H25F3N2O4. The van der Waals surface area contributed by atoms with E-state index in [4.69, 9.17) is 4.74 Å². The molecule has 32 heavy (non-hydrogen) atoms. The maximum atomic E-state index is 12.8. The Hall–Kier alpha value is -3.36. The summed E-state index contributed by atoms with van der Waals surface area (Å²) in [6, 6.07) is 11.5. The molecule has 2 aromatic rings. The van der Waals surface area contributed by atoms with Gasteiger partial charge < -0.3 is 15.0 Å². The number of anilines is 1. The van der Waals surface area contributed by atoms with E-state index >= 15 is 0 Å². The monoisotopic (exact) mass is 450 g/mol. The first kappa shape index (κ1) is 24.9. The normalized spacial score (nSPS) is 11.0. The Kier molecular flexibility index (Phi) is 8.80. The van der Waals surface area contributed by atoms with Crippen molar-refractivity contribution < 1.29 is 32.3 Å². The van der Waals surface area contributed by atoms with E-state index in [1.807, 2.05) is 26.0 Å². The molecule has 0 fully saturated rings. The molecule has 2 amide bonds. The van der Waals surface area contributed by atoms with E-state index in [-0.39, 0.29) is 18.7 Å². The number of amides is 2. The highest BCUT2D eigenvalue weighted by Gasteiger charge is 2.30. The summed E-state index contributed by atoms with van der Waals surface area (Å²) < 4.78 is 43.3. The number of ether oxygens (including phenoxy) is 1. The van der Waals surface area contributed by atoms with E-state index in [2.05, 4.69) is 5.32 Å². The van der Waals surface area contributed by atoms with Gasteiger partial charge in [-0.15, -0.1) is 0 Å². The van der Waals surface area contributed by atoms with Gasteiger partial charge in [0.15, 0.2) is 6.61 Å². The standard InChI is InChI=1S/C23H25F3N2O4/c1-3-11-28(14-20(29)27-19-10-5-4-7-16(19)2)21(30)15-32-22(31)13-17-8-6-9-18(12-17)23(24,25)26/h4-10,12H,3,11,13-15H2,1-2H3,(H,27,29). The van der Waals surface area contributed by atoms with Gasteiger partial charge in [0.1, 0.15) is 0 Å². The second-order valence-electron chi connectivity index (χ2n) is 7.21. The molecule has 0 saturated carbocycles. The molecule has 0 aliphatic rings. The quantitative estimate of drug-likeness (QED) is 0.587. The number of carbonyl (C=O) groups excluding carboxylic acids is 3. The molecule has 172 valence electrons. The van der Waals surface area contributed by atoms with Crippen LogP contribution in [0.15, 0.2) is 48.5 Å². The number of nitrogens with one attached hydrogen (secondary N) is 1. The molecule has 0 saturated heterocycles. The average molecular weight is 450 g/mol. The van der Waals surface area contributed by atoms with Crippen molar-refractivity contribution in [3.8, 4) is 0 Å². The Bertz CT molecular complexity index is 960. The molecule has 0 aliphatic heterocycles. The molecule has 0 unspecified atom stereocenters. The summed E-state index contributed by atoms with van der Waals surface area (Å²) >= 11 is 0. The third-order valence-electron chi connectivity index (χ3n) is 4.56. The van der Waals surface area contributed by atoms with Crippen molar-refractivity contribution in [1.82, 2.24) is 4.90 Å². The van der Waals surface area contributed by atoms with Crippen LogP contribution in [0.25, 0.3) is 0 Å². The Morgan fingerprint density at radius 3 is 2.44 bits per heavy atom. The molecular weight excluding hydrogens is 425 g/mol. The van der Waals surface area contributed by atoms with Crippen molar-refractivity contribution in [2.45, 2.75) is 32.9 Å². The SMILES string of the molecule is CCCN(CC(=O)Nc1ccccc1C)C(=O)COC(=O)Cc1cccc(C(F)(F)F)c1. The van der Waals surface area contributed by atoms with Gasteiger partial charge >= 0.3 is 12.1 Å². The number of hydrogen-bond acceptors (Lipinski definition) is 4. The van der Waals surface area contributed by atoms with E-state index < -0.39 is 42.6 Å². The van der Waals surface area contributed by atoms with Gasteiger partial charge in [0.2, 0.25) is 5.91 Å². The van der Waals surface area contributed by atoms with Gasteiger partial charge in [-0.25, -0.2) is 0 Å². The van der Waals surface area contributed by atoms with E-state index in [0.29, 0.717) is 12.1 Å². The number of aryl methyl sites for hydroxylation is 1. The van der Waals surface area contributed by atoms with E-state index in [0.717, 1.165) is 17.7 Å². The fraction of sp³-hybridized carbons (Fsp3) is 0.348. The minimum Gasteiger partial charge on any atom is -0.455 e. The first-order chi connectivity index (χ1) is 15.1. The molecule has 6 nitrogen and oxygen atoms in total. The van der Waals surface area contributed by atoms with Crippen molar-refractivity contribution in [2.75, 3.05) is 25.0 Å². The summed E-state index contributed by atoms with van der Waals surface area (Å²) in [6.07, 6.45) is -4.34. The summed E-state index contributed by atoms with van der Waals surface area (Å²) in [6.45, 7) is 3.14. The lowest BCUT2D eigenvalue weighted by Crippen LogP contribution is -2.41. The number of alkyl halides is 3. The molecule has 2 aromatic carbocycles. The third kappa shape index (κ3) is 7.72. The number of carbonyl (C=O) groups is 3. The van der Waals surface area contributed by atoms with Crippen LogP contribution in [0.2, 0.25) is 0 Å². The maximum absolute atomic E-state index is 12.8. The highest BCUT2D eigenvalue weighted by atomic mass is 19.4. The lowest BCUT2D eigenvalue weighted by atomic mass is 10.1. The molecule has 2 rings (SSSR count). The number of nitrogens with zero attached hydrogens (tertiary/aromatic N) is 1. The fourth-order valence-corrected chi connectivity index (χ4v) is 2.95. The van der Waals surface area contributed by atoms with Crippen LogP contribution in [-0.2, 0) is 31.7 Å². The van der Waals surface area contributed by atoms with Crippen LogP contribution in [0.1, 0.15) is 30.0 Å². The van der Waals surface area contributed by atoms with Crippen LogP contribution in [0.4, 0.5) is 18.9 Å².